The van der Waals surface area contributed by atoms with Crippen molar-refractivity contribution in [3.05, 3.63) is 0 Å². The molecule has 0 aromatic rings. The number of nitrogens with zero attached hydrogens (tertiary/aromatic N) is 1. The van der Waals surface area contributed by atoms with E-state index in [-0.39, 0.29) is 19.8 Å². The molecule has 0 bridgehead atoms. The van der Waals surface area contributed by atoms with E-state index in [9.17, 15) is 14.3 Å². The zero-order chi connectivity index (χ0) is 37.0. The van der Waals surface area contributed by atoms with E-state index in [1.165, 1.54) is 161 Å². The van der Waals surface area contributed by atoms with E-state index in [1.54, 1.807) is 0 Å². The second kappa shape index (κ2) is 35.3. The molecule has 0 fully saturated rings. The molecule has 1 amide bonds. The van der Waals surface area contributed by atoms with Crippen molar-refractivity contribution in [3.8, 4) is 0 Å². The maximum atomic E-state index is 12.3. The molecule has 0 aliphatic carbocycles. The molecule has 0 heterocycles. The number of nitrogens with one attached hydrogen (secondary N) is 1. The highest BCUT2D eigenvalue weighted by atomic mass is 31.2. The molecule has 0 rings (SSSR count). The van der Waals surface area contributed by atoms with Crippen molar-refractivity contribution in [3.63, 3.8) is 0 Å². The number of rotatable bonds is 39. The lowest BCUT2D eigenvalue weighted by molar-refractivity contribution is -0.870. The second-order valence-electron chi connectivity index (χ2n) is 15.5. The van der Waals surface area contributed by atoms with Crippen molar-refractivity contribution in [2.24, 2.45) is 0 Å². The Bertz CT molecular complexity index is 781. The van der Waals surface area contributed by atoms with Gasteiger partial charge in [-0.05, 0) is 25.7 Å². The summed E-state index contributed by atoms with van der Waals surface area (Å²) in [5.74, 6) is 0. The smallest absolute Gasteiger partial charge is 0.407 e. The molecule has 0 aromatic heterocycles. The van der Waals surface area contributed by atoms with Gasteiger partial charge in [0.05, 0.1) is 47.5 Å². The minimum absolute atomic E-state index is 0.0725. The number of quaternary nitrogens is 1. The van der Waals surface area contributed by atoms with Crippen molar-refractivity contribution >= 4 is 13.9 Å². The zero-order valence-electron chi connectivity index (χ0n) is 33.7. The average molecular weight is 735 g/mol. The predicted molar refractivity (Wildman–Crippen MR) is 208 cm³/mol. The number of alkyl carbamates (subject to hydrolysis) is 1. The Hall–Kier alpha value is -0.700. The van der Waals surface area contributed by atoms with E-state index in [1.807, 2.05) is 0 Å². The van der Waals surface area contributed by atoms with Gasteiger partial charge in [0.1, 0.15) is 0 Å². The number of carbonyl (C=O) groups excluding carboxylic acids is 1. The summed E-state index contributed by atoms with van der Waals surface area (Å²) in [4.78, 5) is 24.0. The molecule has 0 saturated carbocycles. The fourth-order valence-electron chi connectivity index (χ4n) is 6.14. The van der Waals surface area contributed by atoms with Crippen LogP contribution in [0.15, 0.2) is 0 Å². The van der Waals surface area contributed by atoms with Gasteiger partial charge in [-0.1, -0.05) is 161 Å². The van der Waals surface area contributed by atoms with E-state index in [4.69, 9.17) is 18.5 Å². The van der Waals surface area contributed by atoms with E-state index >= 15 is 0 Å². The third-order valence-electron chi connectivity index (χ3n) is 9.32. The van der Waals surface area contributed by atoms with Crippen LogP contribution in [0, 0.1) is 0 Å². The van der Waals surface area contributed by atoms with Gasteiger partial charge in [-0.2, -0.15) is 0 Å². The molecule has 0 spiro atoms. The lowest BCUT2D eigenvalue weighted by Crippen LogP contribution is -2.35. The molecule has 0 radical (unpaired) electrons. The van der Waals surface area contributed by atoms with Gasteiger partial charge in [-0.15, -0.1) is 0 Å². The Labute approximate surface area is 309 Å². The molecular formula is C40H83N2O7P. The van der Waals surface area contributed by atoms with Crippen molar-refractivity contribution in [1.29, 1.82) is 0 Å². The average Bonchev–Trinajstić information content (AvgIpc) is 3.07. The van der Waals surface area contributed by atoms with E-state index in [0.29, 0.717) is 13.0 Å². The zero-order valence-corrected chi connectivity index (χ0v) is 34.6. The van der Waals surface area contributed by atoms with Crippen LogP contribution in [0.5, 0.6) is 0 Å². The van der Waals surface area contributed by atoms with Gasteiger partial charge in [-0.3, -0.25) is 4.57 Å². The summed E-state index contributed by atoms with van der Waals surface area (Å²) in [6, 6.07) is 0. The van der Waals surface area contributed by atoms with Crippen molar-refractivity contribution < 1.29 is 37.3 Å². The number of hydrogen-bond acceptors (Lipinski definition) is 7. The van der Waals surface area contributed by atoms with Gasteiger partial charge in [0, 0.05) is 13.7 Å². The van der Waals surface area contributed by atoms with Crippen LogP contribution in [0.25, 0.3) is 0 Å². The van der Waals surface area contributed by atoms with Crippen LogP contribution in [0.4, 0.5) is 4.79 Å². The highest BCUT2D eigenvalue weighted by molar-refractivity contribution is 7.45. The predicted octanol–water partition coefficient (Wildman–Crippen LogP) is 10.9. The number of carbonyl (C=O) groups is 1. The summed E-state index contributed by atoms with van der Waals surface area (Å²) in [6.07, 6.45) is 33.8. The fourth-order valence-corrected chi connectivity index (χ4v) is 6.91. The number of amides is 1. The van der Waals surface area contributed by atoms with Crippen LogP contribution < -0.4 is 10.2 Å². The van der Waals surface area contributed by atoms with Crippen molar-refractivity contribution in [2.45, 2.75) is 193 Å². The minimum atomic E-state index is -4.49. The second-order valence-corrected chi connectivity index (χ2v) is 16.9. The molecule has 0 aliphatic rings. The van der Waals surface area contributed by atoms with E-state index in [0.717, 1.165) is 30.2 Å². The molecule has 2 unspecified atom stereocenters. The summed E-state index contributed by atoms with van der Waals surface area (Å²) >= 11 is 0. The lowest BCUT2D eigenvalue weighted by atomic mass is 10.0. The topological polar surface area (TPSA) is 106 Å². The molecule has 0 aliphatic heterocycles. The number of phosphoric ester groups is 1. The van der Waals surface area contributed by atoms with Crippen molar-refractivity contribution in [1.82, 2.24) is 5.32 Å². The summed E-state index contributed by atoms with van der Waals surface area (Å²) in [5.41, 5.74) is 0. The van der Waals surface area contributed by atoms with Gasteiger partial charge < -0.3 is 33.2 Å². The van der Waals surface area contributed by atoms with Gasteiger partial charge in [-0.25, -0.2) is 4.79 Å². The minimum Gasteiger partial charge on any atom is -0.756 e. The third kappa shape index (κ3) is 38.5. The van der Waals surface area contributed by atoms with Gasteiger partial charge in [0.15, 0.2) is 6.10 Å². The number of phosphoric acid groups is 1. The van der Waals surface area contributed by atoms with Gasteiger partial charge in [0.25, 0.3) is 7.82 Å². The first-order valence-electron chi connectivity index (χ1n) is 21.0. The van der Waals surface area contributed by atoms with Crippen molar-refractivity contribution in [2.75, 3.05) is 61.2 Å². The molecule has 50 heavy (non-hydrogen) atoms. The molecule has 1 N–H and O–H groups in total. The first-order chi connectivity index (χ1) is 24.1. The molecule has 10 heteroatoms. The first-order valence-corrected chi connectivity index (χ1v) is 22.4. The van der Waals surface area contributed by atoms with Gasteiger partial charge in [0.2, 0.25) is 0 Å². The number of ether oxygens (including phenoxy) is 2. The SMILES string of the molecule is CCCCCCCCCCCCCCCCCCOCC(COP(=O)([O-])OCCCCCCCCCCCCCC[N+](C)(C)C)OC(=O)NC. The van der Waals surface area contributed by atoms with Crippen LogP contribution >= 0.6 is 7.82 Å². The molecule has 0 saturated heterocycles. The van der Waals surface area contributed by atoms with Gasteiger partial charge >= 0.3 is 6.09 Å². The maximum absolute atomic E-state index is 12.3. The Kier molecular flexibility index (Phi) is 34.8. The third-order valence-corrected chi connectivity index (χ3v) is 10.3. The molecular weight excluding hydrogens is 651 g/mol. The Balaban J connectivity index is 3.78. The number of unbranched alkanes of at least 4 members (excludes halogenated alkanes) is 26. The maximum Gasteiger partial charge on any atom is 0.407 e. The summed E-state index contributed by atoms with van der Waals surface area (Å²) in [6.45, 7) is 3.91. The molecule has 9 nitrogen and oxygen atoms in total. The first kappa shape index (κ1) is 49.3. The fraction of sp³-hybridized carbons (Fsp3) is 0.975. The van der Waals surface area contributed by atoms with Crippen LogP contribution in [-0.2, 0) is 23.1 Å². The summed E-state index contributed by atoms with van der Waals surface area (Å²) < 4.78 is 34.4. The molecule has 0 aromatic carbocycles. The van der Waals surface area contributed by atoms with Crippen LogP contribution in [-0.4, -0.2) is 77.8 Å². The standard InChI is InChI=1S/C40H83N2O7P/c1-6-7-8-9-10-11-12-13-14-15-17-20-23-26-29-32-35-46-37-39(49-40(43)41-2)38-48-50(44,45)47-36-33-30-27-24-21-18-16-19-22-25-28-31-34-42(3,4)5/h39H,6-38H2,1-5H3,(H-,41,43,44,45). The largest absolute Gasteiger partial charge is 0.756 e. The van der Waals surface area contributed by atoms with Crippen LogP contribution in [0.1, 0.15) is 187 Å². The molecule has 2 atom stereocenters. The highest BCUT2D eigenvalue weighted by Crippen LogP contribution is 2.38. The summed E-state index contributed by atoms with van der Waals surface area (Å²) in [5, 5.41) is 2.39. The quantitative estimate of drug-likeness (QED) is 0.0381. The van der Waals surface area contributed by atoms with Crippen LogP contribution in [0.3, 0.4) is 0 Å². The normalized spacial score (nSPS) is 13.7. The number of hydrogen-bond donors (Lipinski definition) is 1. The van der Waals surface area contributed by atoms with Crippen LogP contribution in [0.2, 0.25) is 0 Å². The highest BCUT2D eigenvalue weighted by Gasteiger charge is 2.19. The monoisotopic (exact) mass is 735 g/mol. The Morgan fingerprint density at radius 3 is 1.36 bits per heavy atom. The molecule has 300 valence electrons. The summed E-state index contributed by atoms with van der Waals surface area (Å²) in [7, 11) is 3.74. The van der Waals surface area contributed by atoms with E-state index < -0.39 is 20.0 Å². The van der Waals surface area contributed by atoms with E-state index in [2.05, 4.69) is 33.4 Å². The lowest BCUT2D eigenvalue weighted by Gasteiger charge is -2.25. The Morgan fingerprint density at radius 2 is 0.960 bits per heavy atom. The Morgan fingerprint density at radius 1 is 0.580 bits per heavy atom.